The minimum Gasteiger partial charge on any atom is -0.454 e. The number of carbonyl (C=O) groups excluding carboxylic acids is 1. The van der Waals surface area contributed by atoms with Crippen molar-refractivity contribution in [1.29, 1.82) is 0 Å². The molecule has 0 saturated heterocycles. The molecule has 0 aromatic heterocycles. The Bertz CT molecular complexity index is 509. The average Bonchev–Trinajstić information content (AvgIpc) is 2.93. The molecule has 2 N–H and O–H groups in total. The number of benzene rings is 1. The van der Waals surface area contributed by atoms with Gasteiger partial charge in [-0.1, -0.05) is 6.07 Å². The molecule has 1 amide bonds. The van der Waals surface area contributed by atoms with Gasteiger partial charge < -0.3 is 24.6 Å². The zero-order chi connectivity index (χ0) is 15.1. The number of rotatable bonds is 7. The zero-order valence-corrected chi connectivity index (χ0v) is 11.9. The third kappa shape index (κ3) is 4.47. The summed E-state index contributed by atoms with van der Waals surface area (Å²) in [5, 5.41) is 11.7. The Balaban J connectivity index is 1.92. The number of fused-ring (bicyclic) bond motifs is 1. The van der Waals surface area contributed by atoms with Gasteiger partial charge in [-0.25, -0.2) is 0 Å². The number of amides is 1. The van der Waals surface area contributed by atoms with Gasteiger partial charge in [0, 0.05) is 19.8 Å². The van der Waals surface area contributed by atoms with Crippen molar-refractivity contribution in [3.63, 3.8) is 0 Å². The van der Waals surface area contributed by atoms with Gasteiger partial charge >= 0.3 is 0 Å². The molecule has 1 aromatic carbocycles. The lowest BCUT2D eigenvalue weighted by Crippen LogP contribution is -2.37. The lowest BCUT2D eigenvalue weighted by atomic mass is 10.2. The van der Waals surface area contributed by atoms with Crippen LogP contribution in [0.1, 0.15) is 12.0 Å². The minimum absolute atomic E-state index is 0.000180. The Hall–Kier alpha value is -2.05. The summed E-state index contributed by atoms with van der Waals surface area (Å²) in [5.74, 6) is 1.15. The molecule has 0 fully saturated rings. The van der Waals surface area contributed by atoms with E-state index in [0.717, 1.165) is 5.56 Å². The molecule has 0 bridgehead atoms. The summed E-state index contributed by atoms with van der Waals surface area (Å²) in [6.07, 6.45) is 3.59. The lowest BCUT2D eigenvalue weighted by Gasteiger charge is -2.15. The van der Waals surface area contributed by atoms with Crippen molar-refractivity contribution < 1.29 is 24.1 Å². The molecule has 1 atom stereocenters. The van der Waals surface area contributed by atoms with Gasteiger partial charge in [0.05, 0.1) is 12.6 Å². The number of aliphatic hydroxyl groups is 1. The van der Waals surface area contributed by atoms with Gasteiger partial charge in [0.2, 0.25) is 12.7 Å². The molecule has 21 heavy (non-hydrogen) atoms. The predicted molar refractivity (Wildman–Crippen MR) is 77.1 cm³/mol. The summed E-state index contributed by atoms with van der Waals surface area (Å²) in [5.41, 5.74) is 0.847. The highest BCUT2D eigenvalue weighted by Gasteiger charge is 2.13. The van der Waals surface area contributed by atoms with Crippen LogP contribution in [0.25, 0.3) is 6.08 Å². The highest BCUT2D eigenvalue weighted by molar-refractivity contribution is 5.92. The molecular weight excluding hydrogens is 274 g/mol. The molecule has 0 aliphatic carbocycles. The smallest absolute Gasteiger partial charge is 0.244 e. The quantitative estimate of drug-likeness (QED) is 0.732. The molecule has 1 aliphatic heterocycles. The second-order valence-electron chi connectivity index (χ2n) is 4.62. The van der Waals surface area contributed by atoms with Gasteiger partial charge in [0.25, 0.3) is 0 Å². The third-order valence-corrected chi connectivity index (χ3v) is 3.02. The maximum Gasteiger partial charge on any atom is 0.244 e. The van der Waals surface area contributed by atoms with Crippen molar-refractivity contribution in [3.05, 3.63) is 29.8 Å². The van der Waals surface area contributed by atoms with Crippen LogP contribution in [0.2, 0.25) is 0 Å². The average molecular weight is 293 g/mol. The van der Waals surface area contributed by atoms with Crippen LogP contribution in [-0.2, 0) is 9.53 Å². The molecule has 0 saturated carbocycles. The number of aliphatic hydroxyl groups excluding tert-OH is 1. The second-order valence-corrected chi connectivity index (χ2v) is 4.62. The van der Waals surface area contributed by atoms with Crippen LogP contribution < -0.4 is 14.8 Å². The SMILES string of the molecule is COCC(CCO)NC(=O)/C=C/c1ccc2c(c1)OCO2. The molecule has 0 spiro atoms. The van der Waals surface area contributed by atoms with Gasteiger partial charge in [0.1, 0.15) is 0 Å². The number of carbonyl (C=O) groups is 1. The molecular formula is C15H19NO5. The van der Waals surface area contributed by atoms with Crippen molar-refractivity contribution in [3.8, 4) is 11.5 Å². The first-order valence-electron chi connectivity index (χ1n) is 6.71. The van der Waals surface area contributed by atoms with E-state index < -0.39 is 0 Å². The van der Waals surface area contributed by atoms with Crippen LogP contribution in [-0.4, -0.2) is 44.2 Å². The number of nitrogens with one attached hydrogen (secondary N) is 1. The normalized spacial score (nSPS) is 14.4. The minimum atomic E-state index is -0.233. The Morgan fingerprint density at radius 2 is 2.29 bits per heavy atom. The molecule has 114 valence electrons. The van der Waals surface area contributed by atoms with Crippen molar-refractivity contribution in [2.75, 3.05) is 27.1 Å². The Labute approximate surface area is 123 Å². The van der Waals surface area contributed by atoms with Crippen molar-refractivity contribution in [1.82, 2.24) is 5.32 Å². The molecule has 2 rings (SSSR count). The lowest BCUT2D eigenvalue weighted by molar-refractivity contribution is -0.117. The van der Waals surface area contributed by atoms with Crippen molar-refractivity contribution in [2.24, 2.45) is 0 Å². The van der Waals surface area contributed by atoms with E-state index in [9.17, 15) is 4.79 Å². The van der Waals surface area contributed by atoms with Gasteiger partial charge in [-0.15, -0.1) is 0 Å². The van der Waals surface area contributed by atoms with E-state index in [4.69, 9.17) is 19.3 Å². The molecule has 1 unspecified atom stereocenters. The molecule has 1 aromatic rings. The van der Waals surface area contributed by atoms with Gasteiger partial charge in [-0.05, 0) is 30.2 Å². The largest absolute Gasteiger partial charge is 0.454 e. The number of hydrogen-bond acceptors (Lipinski definition) is 5. The molecule has 1 aliphatic rings. The fourth-order valence-electron chi connectivity index (χ4n) is 1.99. The standard InChI is InChI=1S/C15H19NO5/c1-19-9-12(6-7-17)16-15(18)5-3-11-2-4-13-14(8-11)21-10-20-13/h2-5,8,12,17H,6-7,9-10H2,1H3,(H,16,18)/b5-3+. The summed E-state index contributed by atoms with van der Waals surface area (Å²) >= 11 is 0. The third-order valence-electron chi connectivity index (χ3n) is 3.02. The number of ether oxygens (including phenoxy) is 3. The van der Waals surface area contributed by atoms with E-state index in [-0.39, 0.29) is 25.3 Å². The van der Waals surface area contributed by atoms with Gasteiger partial charge in [-0.2, -0.15) is 0 Å². The van der Waals surface area contributed by atoms with E-state index in [1.807, 2.05) is 12.1 Å². The topological polar surface area (TPSA) is 77.0 Å². The van der Waals surface area contributed by atoms with Crippen LogP contribution >= 0.6 is 0 Å². The molecule has 1 heterocycles. The first kappa shape index (κ1) is 15.3. The molecule has 6 nitrogen and oxygen atoms in total. The van der Waals surface area contributed by atoms with Crippen LogP contribution in [0.5, 0.6) is 11.5 Å². The maximum absolute atomic E-state index is 11.8. The van der Waals surface area contributed by atoms with Crippen LogP contribution in [0.15, 0.2) is 24.3 Å². The Kier molecular flexibility index (Phi) is 5.59. The van der Waals surface area contributed by atoms with Crippen molar-refractivity contribution >= 4 is 12.0 Å². The summed E-state index contributed by atoms with van der Waals surface area (Å²) in [6, 6.07) is 5.26. The number of methoxy groups -OCH3 is 1. The van der Waals surface area contributed by atoms with Crippen LogP contribution in [0.3, 0.4) is 0 Å². The fraction of sp³-hybridized carbons (Fsp3) is 0.400. The first-order chi connectivity index (χ1) is 10.2. The highest BCUT2D eigenvalue weighted by Crippen LogP contribution is 2.32. The van der Waals surface area contributed by atoms with Crippen molar-refractivity contribution in [2.45, 2.75) is 12.5 Å². The Morgan fingerprint density at radius 1 is 1.48 bits per heavy atom. The number of hydrogen-bond donors (Lipinski definition) is 2. The van der Waals surface area contributed by atoms with Crippen LogP contribution in [0.4, 0.5) is 0 Å². The van der Waals surface area contributed by atoms with Gasteiger partial charge in [0.15, 0.2) is 11.5 Å². The Morgan fingerprint density at radius 3 is 3.05 bits per heavy atom. The van der Waals surface area contributed by atoms with Crippen LogP contribution in [0, 0.1) is 0 Å². The highest BCUT2D eigenvalue weighted by atomic mass is 16.7. The van der Waals surface area contributed by atoms with E-state index in [1.165, 1.54) is 6.08 Å². The summed E-state index contributed by atoms with van der Waals surface area (Å²) < 4.78 is 15.5. The van der Waals surface area contributed by atoms with E-state index in [0.29, 0.717) is 24.5 Å². The predicted octanol–water partition coefficient (Wildman–Crippen LogP) is 0.942. The summed E-state index contributed by atoms with van der Waals surface area (Å²) in [7, 11) is 1.55. The first-order valence-corrected chi connectivity index (χ1v) is 6.71. The van der Waals surface area contributed by atoms with E-state index >= 15 is 0 Å². The fourth-order valence-corrected chi connectivity index (χ4v) is 1.99. The zero-order valence-electron chi connectivity index (χ0n) is 11.9. The summed E-state index contributed by atoms with van der Waals surface area (Å²) in [4.78, 5) is 11.8. The monoisotopic (exact) mass is 293 g/mol. The molecule has 6 heteroatoms. The van der Waals surface area contributed by atoms with E-state index in [1.54, 1.807) is 19.3 Å². The maximum atomic E-state index is 11.8. The second kappa shape index (κ2) is 7.66. The summed E-state index contributed by atoms with van der Waals surface area (Å²) in [6.45, 7) is 0.590. The molecule has 0 radical (unpaired) electrons. The van der Waals surface area contributed by atoms with E-state index in [2.05, 4.69) is 5.32 Å². The van der Waals surface area contributed by atoms with Gasteiger partial charge in [-0.3, -0.25) is 4.79 Å².